The minimum absolute atomic E-state index is 0.134. The molecule has 0 aliphatic heterocycles. The molecule has 6 heteroatoms. The van der Waals surface area contributed by atoms with Crippen molar-refractivity contribution in [2.45, 2.75) is 24.1 Å². The Bertz CT molecular complexity index is 384. The van der Waals surface area contributed by atoms with E-state index in [9.17, 15) is 4.79 Å². The molecule has 4 nitrogen and oxygen atoms in total. The van der Waals surface area contributed by atoms with Gasteiger partial charge in [0.05, 0.1) is 0 Å². The summed E-state index contributed by atoms with van der Waals surface area (Å²) in [5, 5.41) is 5.12. The quantitative estimate of drug-likeness (QED) is 0.746. The first-order valence-electron chi connectivity index (χ1n) is 4.09. The Morgan fingerprint density at radius 1 is 1.62 bits per heavy atom. The first-order valence-corrected chi connectivity index (χ1v) is 5.73. The summed E-state index contributed by atoms with van der Waals surface area (Å²) in [7, 11) is 0. The van der Waals surface area contributed by atoms with Gasteiger partial charge in [-0.05, 0) is 31.3 Å². The first kappa shape index (κ1) is 9.08. The molecule has 13 heavy (non-hydrogen) atoms. The lowest BCUT2D eigenvalue weighted by atomic mass is 10.4. The van der Waals surface area contributed by atoms with Crippen molar-refractivity contribution < 1.29 is 0 Å². The van der Waals surface area contributed by atoms with Crippen LogP contribution in [0.25, 0.3) is 0 Å². The third kappa shape index (κ3) is 1.60. The van der Waals surface area contributed by atoms with E-state index >= 15 is 0 Å². The van der Waals surface area contributed by atoms with Crippen LogP contribution in [-0.4, -0.2) is 25.8 Å². The molecule has 2 rings (SSSR count). The van der Waals surface area contributed by atoms with Crippen molar-refractivity contribution in [3.63, 3.8) is 0 Å². The van der Waals surface area contributed by atoms with Gasteiger partial charge in [0.2, 0.25) is 0 Å². The van der Waals surface area contributed by atoms with Gasteiger partial charge >= 0.3 is 5.69 Å². The third-order valence-corrected chi connectivity index (χ3v) is 4.18. The van der Waals surface area contributed by atoms with Crippen molar-refractivity contribution >= 4 is 24.0 Å². The smallest absolute Gasteiger partial charge is 0.272 e. The summed E-state index contributed by atoms with van der Waals surface area (Å²) in [5.74, 6) is 0. The number of thioether (sulfide) groups is 1. The molecule has 1 saturated carbocycles. The van der Waals surface area contributed by atoms with Gasteiger partial charge in [0.25, 0.3) is 0 Å². The summed E-state index contributed by atoms with van der Waals surface area (Å²) in [6.07, 6.45) is 4.44. The predicted octanol–water partition coefficient (Wildman–Crippen LogP) is 1.13. The average Bonchev–Trinajstić information content (AvgIpc) is 2.84. The Morgan fingerprint density at radius 3 is 2.69 bits per heavy atom. The Balaban J connectivity index is 2.28. The van der Waals surface area contributed by atoms with Gasteiger partial charge in [-0.2, -0.15) is 11.8 Å². The molecule has 1 fully saturated rings. The van der Waals surface area contributed by atoms with Gasteiger partial charge in [-0.25, -0.2) is 9.89 Å². The molecule has 1 aliphatic carbocycles. The summed E-state index contributed by atoms with van der Waals surface area (Å²) >= 11 is 6.80. The van der Waals surface area contributed by atoms with Crippen LogP contribution in [0.15, 0.2) is 4.79 Å². The van der Waals surface area contributed by atoms with Gasteiger partial charge in [0.15, 0.2) is 4.77 Å². The Labute approximate surface area is 84.7 Å². The van der Waals surface area contributed by atoms with Crippen molar-refractivity contribution in [2.75, 3.05) is 6.26 Å². The molecule has 0 radical (unpaired) electrons. The Kier molecular flexibility index (Phi) is 2.11. The van der Waals surface area contributed by atoms with Crippen LogP contribution in [0.2, 0.25) is 0 Å². The highest BCUT2D eigenvalue weighted by molar-refractivity contribution is 8.00. The standard InChI is InChI=1S/C7H11N3OS2/c1-13-7(2-3-7)4-10-5(11)8-9-6(10)12/h2-4H2,1H3,(H,8,11)(H,9,12). The minimum Gasteiger partial charge on any atom is -0.272 e. The van der Waals surface area contributed by atoms with Crippen LogP contribution < -0.4 is 5.69 Å². The molecule has 0 spiro atoms. The number of hydrogen-bond donors (Lipinski definition) is 2. The Morgan fingerprint density at radius 2 is 2.31 bits per heavy atom. The molecule has 0 atom stereocenters. The third-order valence-electron chi connectivity index (χ3n) is 2.45. The molecule has 0 aromatic carbocycles. The SMILES string of the molecule is CSC1(Cn2c(=O)[nH][nH]c2=S)CC1. The highest BCUT2D eigenvalue weighted by Gasteiger charge is 2.42. The first-order chi connectivity index (χ1) is 6.17. The molecule has 0 saturated heterocycles. The zero-order valence-corrected chi connectivity index (χ0v) is 8.93. The number of nitrogens with zero attached hydrogens (tertiary/aromatic N) is 1. The molecule has 1 aliphatic rings. The van der Waals surface area contributed by atoms with Gasteiger partial charge in [-0.15, -0.1) is 0 Å². The average molecular weight is 217 g/mol. The molecule has 1 heterocycles. The van der Waals surface area contributed by atoms with Crippen molar-refractivity contribution in [1.29, 1.82) is 0 Å². The molecule has 72 valence electrons. The van der Waals surface area contributed by atoms with Gasteiger partial charge in [0, 0.05) is 11.3 Å². The van der Waals surface area contributed by atoms with E-state index in [-0.39, 0.29) is 10.4 Å². The van der Waals surface area contributed by atoms with Gasteiger partial charge in [-0.3, -0.25) is 9.67 Å². The van der Waals surface area contributed by atoms with E-state index in [1.807, 2.05) is 11.8 Å². The highest BCUT2D eigenvalue weighted by atomic mass is 32.2. The summed E-state index contributed by atoms with van der Waals surface area (Å²) in [4.78, 5) is 11.3. The zero-order valence-electron chi connectivity index (χ0n) is 7.29. The van der Waals surface area contributed by atoms with Crippen LogP contribution in [0.1, 0.15) is 12.8 Å². The summed E-state index contributed by atoms with van der Waals surface area (Å²) in [6, 6.07) is 0. The molecular weight excluding hydrogens is 206 g/mol. The fraction of sp³-hybridized carbons (Fsp3) is 0.714. The summed E-state index contributed by atoms with van der Waals surface area (Å²) in [6.45, 7) is 0.728. The second-order valence-electron chi connectivity index (χ2n) is 3.33. The zero-order chi connectivity index (χ0) is 9.47. The van der Waals surface area contributed by atoms with Gasteiger partial charge < -0.3 is 0 Å². The number of nitrogens with one attached hydrogen (secondary N) is 2. The molecule has 2 N–H and O–H groups in total. The molecule has 1 aromatic heterocycles. The van der Waals surface area contributed by atoms with Crippen LogP contribution in [0, 0.1) is 4.77 Å². The van der Waals surface area contributed by atoms with Gasteiger partial charge in [-0.1, -0.05) is 0 Å². The molecule has 0 bridgehead atoms. The van der Waals surface area contributed by atoms with Crippen molar-refractivity contribution in [2.24, 2.45) is 0 Å². The molecule has 0 amide bonds. The molecule has 0 unspecified atom stereocenters. The fourth-order valence-electron chi connectivity index (χ4n) is 1.33. The number of aromatic nitrogens is 3. The van der Waals surface area contributed by atoms with Crippen LogP contribution in [0.5, 0.6) is 0 Å². The molecular formula is C7H11N3OS2. The topological polar surface area (TPSA) is 53.6 Å². The van der Waals surface area contributed by atoms with E-state index in [0.717, 1.165) is 6.54 Å². The predicted molar refractivity (Wildman–Crippen MR) is 55.7 cm³/mol. The summed E-state index contributed by atoms with van der Waals surface area (Å²) in [5.41, 5.74) is -0.134. The lowest BCUT2D eigenvalue weighted by Crippen LogP contribution is -2.24. The number of rotatable bonds is 3. The second kappa shape index (κ2) is 3.02. The number of aromatic amines is 2. The minimum atomic E-state index is -0.134. The maximum Gasteiger partial charge on any atom is 0.342 e. The van der Waals surface area contributed by atoms with Gasteiger partial charge in [0.1, 0.15) is 0 Å². The number of hydrogen-bond acceptors (Lipinski definition) is 3. The van der Waals surface area contributed by atoms with E-state index in [1.54, 1.807) is 4.57 Å². The van der Waals surface area contributed by atoms with Crippen molar-refractivity contribution in [1.82, 2.24) is 14.8 Å². The number of H-pyrrole nitrogens is 2. The molecule has 1 aromatic rings. The van der Waals surface area contributed by atoms with E-state index in [1.165, 1.54) is 12.8 Å². The van der Waals surface area contributed by atoms with Crippen LogP contribution in [0.3, 0.4) is 0 Å². The van der Waals surface area contributed by atoms with Crippen LogP contribution in [0.4, 0.5) is 0 Å². The lowest BCUT2D eigenvalue weighted by Gasteiger charge is -2.10. The lowest BCUT2D eigenvalue weighted by molar-refractivity contribution is 0.632. The maximum atomic E-state index is 11.3. The van der Waals surface area contributed by atoms with E-state index in [0.29, 0.717) is 4.77 Å². The monoisotopic (exact) mass is 217 g/mol. The largest absolute Gasteiger partial charge is 0.342 e. The summed E-state index contributed by atoms with van der Waals surface area (Å²) < 4.78 is 2.36. The normalized spacial score (nSPS) is 18.8. The van der Waals surface area contributed by atoms with Crippen molar-refractivity contribution in [3.8, 4) is 0 Å². The van der Waals surface area contributed by atoms with E-state index in [2.05, 4.69) is 16.5 Å². The fourth-order valence-corrected chi connectivity index (χ4v) is 2.30. The van der Waals surface area contributed by atoms with Crippen LogP contribution >= 0.6 is 24.0 Å². The van der Waals surface area contributed by atoms with Crippen LogP contribution in [-0.2, 0) is 6.54 Å². The van der Waals surface area contributed by atoms with E-state index < -0.39 is 0 Å². The van der Waals surface area contributed by atoms with E-state index in [4.69, 9.17) is 12.2 Å². The maximum absolute atomic E-state index is 11.3. The van der Waals surface area contributed by atoms with Crippen molar-refractivity contribution in [3.05, 3.63) is 15.3 Å². The second-order valence-corrected chi connectivity index (χ2v) is 4.99. The Hall–Kier alpha value is -0.490. The highest BCUT2D eigenvalue weighted by Crippen LogP contribution is 2.48.